The van der Waals surface area contributed by atoms with Crippen molar-refractivity contribution in [1.29, 1.82) is 0 Å². The molecule has 1 unspecified atom stereocenters. The van der Waals surface area contributed by atoms with E-state index < -0.39 is 0 Å². The first-order valence-electron chi connectivity index (χ1n) is 7.54. The zero-order chi connectivity index (χ0) is 15.5. The zero-order valence-electron chi connectivity index (χ0n) is 12.3. The van der Waals surface area contributed by atoms with Crippen LogP contribution in [0.5, 0.6) is 0 Å². The average Bonchev–Trinajstić information content (AvgIpc) is 2.54. The number of benzene rings is 2. The molecular formula is C18H19FN2O. The van der Waals surface area contributed by atoms with Crippen LogP contribution in [0, 0.1) is 5.82 Å². The van der Waals surface area contributed by atoms with Crippen molar-refractivity contribution in [3.63, 3.8) is 0 Å². The van der Waals surface area contributed by atoms with Crippen molar-refractivity contribution in [2.75, 3.05) is 11.4 Å². The number of halogens is 1. The lowest BCUT2D eigenvalue weighted by Crippen LogP contribution is -2.37. The standard InChI is InChI=1S/C18H19FN2O/c19-15-8-9-17-14(11-15)7-4-10-21(17)18(22)12-16(20)13-5-2-1-3-6-13/h1-3,5-6,8-9,11,16H,4,7,10,12,20H2. The molecule has 2 aromatic rings. The van der Waals surface area contributed by atoms with Crippen molar-refractivity contribution in [3.8, 4) is 0 Å². The summed E-state index contributed by atoms with van der Waals surface area (Å²) in [6, 6.07) is 13.9. The van der Waals surface area contributed by atoms with Gasteiger partial charge in [-0.05, 0) is 42.2 Å². The number of hydrogen-bond donors (Lipinski definition) is 1. The fraction of sp³-hybridized carbons (Fsp3) is 0.278. The molecule has 22 heavy (non-hydrogen) atoms. The van der Waals surface area contributed by atoms with Crippen LogP contribution in [-0.4, -0.2) is 12.5 Å². The van der Waals surface area contributed by atoms with Crippen LogP contribution in [0.2, 0.25) is 0 Å². The summed E-state index contributed by atoms with van der Waals surface area (Å²) in [7, 11) is 0. The minimum absolute atomic E-state index is 0.0103. The largest absolute Gasteiger partial charge is 0.324 e. The minimum atomic E-state index is -0.320. The predicted octanol–water partition coefficient (Wildman–Crippen LogP) is 3.20. The Morgan fingerprint density at radius 1 is 1.23 bits per heavy atom. The summed E-state index contributed by atoms with van der Waals surface area (Å²) in [6.45, 7) is 0.666. The topological polar surface area (TPSA) is 46.3 Å². The highest BCUT2D eigenvalue weighted by Crippen LogP contribution is 2.29. The van der Waals surface area contributed by atoms with Crippen LogP contribution < -0.4 is 10.6 Å². The van der Waals surface area contributed by atoms with Crippen molar-refractivity contribution >= 4 is 11.6 Å². The van der Waals surface area contributed by atoms with E-state index in [1.54, 1.807) is 11.0 Å². The lowest BCUT2D eigenvalue weighted by atomic mass is 9.99. The van der Waals surface area contributed by atoms with Gasteiger partial charge in [-0.3, -0.25) is 4.79 Å². The van der Waals surface area contributed by atoms with E-state index in [4.69, 9.17) is 5.73 Å². The number of rotatable bonds is 3. The fourth-order valence-corrected chi connectivity index (χ4v) is 2.94. The average molecular weight is 298 g/mol. The lowest BCUT2D eigenvalue weighted by molar-refractivity contribution is -0.119. The molecule has 0 aliphatic carbocycles. The van der Waals surface area contributed by atoms with E-state index >= 15 is 0 Å². The van der Waals surface area contributed by atoms with E-state index in [-0.39, 0.29) is 24.2 Å². The number of nitrogens with zero attached hydrogens (tertiary/aromatic N) is 1. The Bertz CT molecular complexity index is 672. The maximum Gasteiger partial charge on any atom is 0.228 e. The van der Waals surface area contributed by atoms with Gasteiger partial charge in [-0.15, -0.1) is 0 Å². The van der Waals surface area contributed by atoms with Crippen LogP contribution in [-0.2, 0) is 11.2 Å². The SMILES string of the molecule is NC(CC(=O)N1CCCc2cc(F)ccc21)c1ccccc1. The third-order valence-electron chi connectivity index (χ3n) is 4.08. The van der Waals surface area contributed by atoms with Gasteiger partial charge < -0.3 is 10.6 Å². The van der Waals surface area contributed by atoms with Gasteiger partial charge in [0.05, 0.1) is 0 Å². The number of hydrogen-bond acceptors (Lipinski definition) is 2. The molecule has 0 saturated heterocycles. The highest BCUT2D eigenvalue weighted by molar-refractivity contribution is 5.95. The van der Waals surface area contributed by atoms with Crippen LogP contribution >= 0.6 is 0 Å². The van der Waals surface area contributed by atoms with E-state index in [0.29, 0.717) is 6.54 Å². The minimum Gasteiger partial charge on any atom is -0.324 e. The van der Waals surface area contributed by atoms with Gasteiger partial charge >= 0.3 is 0 Å². The molecule has 1 aliphatic heterocycles. The van der Waals surface area contributed by atoms with E-state index in [9.17, 15) is 9.18 Å². The maximum atomic E-state index is 13.3. The Kier molecular flexibility index (Phi) is 4.20. The molecule has 2 aromatic carbocycles. The molecule has 0 bridgehead atoms. The number of amides is 1. The van der Waals surface area contributed by atoms with Gasteiger partial charge in [0.2, 0.25) is 5.91 Å². The normalized spacial score (nSPS) is 15.3. The van der Waals surface area contributed by atoms with Gasteiger partial charge in [0, 0.05) is 24.7 Å². The molecule has 1 aliphatic rings. The second-order valence-electron chi connectivity index (χ2n) is 5.64. The van der Waals surface area contributed by atoms with Crippen LogP contribution in [0.3, 0.4) is 0 Å². The van der Waals surface area contributed by atoms with Gasteiger partial charge in [0.1, 0.15) is 5.82 Å². The van der Waals surface area contributed by atoms with Crippen molar-refractivity contribution in [2.24, 2.45) is 5.73 Å². The summed E-state index contributed by atoms with van der Waals surface area (Å²) in [5.74, 6) is -0.266. The first-order chi connectivity index (χ1) is 10.6. The summed E-state index contributed by atoms with van der Waals surface area (Å²) >= 11 is 0. The van der Waals surface area contributed by atoms with Crippen LogP contribution in [0.1, 0.15) is 30.0 Å². The Morgan fingerprint density at radius 3 is 2.77 bits per heavy atom. The summed E-state index contributed by atoms with van der Waals surface area (Å²) in [5.41, 5.74) is 8.80. The highest BCUT2D eigenvalue weighted by Gasteiger charge is 2.24. The number of aryl methyl sites for hydroxylation is 1. The number of fused-ring (bicyclic) bond motifs is 1. The van der Waals surface area contributed by atoms with Crippen LogP contribution in [0.25, 0.3) is 0 Å². The van der Waals surface area contributed by atoms with Crippen LogP contribution in [0.15, 0.2) is 48.5 Å². The lowest BCUT2D eigenvalue weighted by Gasteiger charge is -2.30. The summed E-state index contributed by atoms with van der Waals surface area (Å²) in [6.07, 6.45) is 1.91. The third-order valence-corrected chi connectivity index (χ3v) is 4.08. The number of carbonyl (C=O) groups excluding carboxylic acids is 1. The third kappa shape index (κ3) is 3.02. The molecule has 1 atom stereocenters. The van der Waals surface area contributed by atoms with Crippen molar-refractivity contribution < 1.29 is 9.18 Å². The van der Waals surface area contributed by atoms with E-state index in [0.717, 1.165) is 29.7 Å². The number of anilines is 1. The first kappa shape index (κ1) is 14.7. The van der Waals surface area contributed by atoms with Crippen molar-refractivity contribution in [2.45, 2.75) is 25.3 Å². The smallest absolute Gasteiger partial charge is 0.228 e. The van der Waals surface area contributed by atoms with Gasteiger partial charge in [-0.25, -0.2) is 4.39 Å². The molecule has 1 heterocycles. The van der Waals surface area contributed by atoms with E-state index in [2.05, 4.69) is 0 Å². The molecule has 114 valence electrons. The van der Waals surface area contributed by atoms with Crippen LogP contribution in [0.4, 0.5) is 10.1 Å². The molecule has 2 N–H and O–H groups in total. The Morgan fingerprint density at radius 2 is 2.00 bits per heavy atom. The van der Waals surface area contributed by atoms with Gasteiger partial charge in [0.15, 0.2) is 0 Å². The highest BCUT2D eigenvalue weighted by atomic mass is 19.1. The van der Waals surface area contributed by atoms with Crippen molar-refractivity contribution in [1.82, 2.24) is 0 Å². The molecule has 3 nitrogen and oxygen atoms in total. The fourth-order valence-electron chi connectivity index (χ4n) is 2.94. The maximum absolute atomic E-state index is 13.3. The summed E-state index contributed by atoms with van der Waals surface area (Å²) in [4.78, 5) is 14.3. The van der Waals surface area contributed by atoms with Crippen molar-refractivity contribution in [3.05, 3.63) is 65.5 Å². The van der Waals surface area contributed by atoms with E-state index in [1.165, 1.54) is 12.1 Å². The molecule has 0 radical (unpaired) electrons. The zero-order valence-corrected chi connectivity index (χ0v) is 12.3. The molecular weight excluding hydrogens is 279 g/mol. The van der Waals surface area contributed by atoms with E-state index in [1.807, 2.05) is 30.3 Å². The second-order valence-corrected chi connectivity index (χ2v) is 5.64. The Balaban J connectivity index is 1.77. The molecule has 0 fully saturated rings. The predicted molar refractivity (Wildman–Crippen MR) is 85.1 cm³/mol. The quantitative estimate of drug-likeness (QED) is 0.946. The summed E-state index contributed by atoms with van der Waals surface area (Å²) < 4.78 is 13.3. The number of nitrogens with two attached hydrogens (primary N) is 1. The Hall–Kier alpha value is -2.20. The number of carbonyl (C=O) groups is 1. The first-order valence-corrected chi connectivity index (χ1v) is 7.54. The molecule has 3 rings (SSSR count). The molecule has 0 saturated carbocycles. The molecule has 0 spiro atoms. The second kappa shape index (κ2) is 6.28. The Labute approximate surface area is 129 Å². The van der Waals surface area contributed by atoms with Gasteiger partial charge in [-0.2, -0.15) is 0 Å². The molecule has 1 amide bonds. The van der Waals surface area contributed by atoms with Gasteiger partial charge in [-0.1, -0.05) is 30.3 Å². The monoisotopic (exact) mass is 298 g/mol. The molecule has 0 aromatic heterocycles. The molecule has 4 heteroatoms. The van der Waals surface area contributed by atoms with Gasteiger partial charge in [0.25, 0.3) is 0 Å². The summed E-state index contributed by atoms with van der Waals surface area (Å²) in [5, 5.41) is 0.